The number of carbonyl (C=O) groups excluding carboxylic acids is 1. The largest absolute Gasteiger partial charge is 0.481 e. The third kappa shape index (κ3) is 2.88. The van der Waals surface area contributed by atoms with E-state index in [-0.39, 0.29) is 30.9 Å². The normalized spacial score (nSPS) is 28.9. The second kappa shape index (κ2) is 6.12. The Kier molecular flexibility index (Phi) is 4.29. The number of amides is 1. The summed E-state index contributed by atoms with van der Waals surface area (Å²) in [6.45, 7) is 0.550. The number of ether oxygens (including phenoxy) is 1. The van der Waals surface area contributed by atoms with Crippen molar-refractivity contribution in [2.45, 2.75) is 18.8 Å². The van der Waals surface area contributed by atoms with Crippen molar-refractivity contribution in [2.24, 2.45) is 11.3 Å². The van der Waals surface area contributed by atoms with Crippen molar-refractivity contribution in [3.8, 4) is 0 Å². The predicted molar refractivity (Wildman–Crippen MR) is 80.3 cm³/mol. The molecule has 1 aromatic rings. The first-order chi connectivity index (χ1) is 11.4. The smallest absolute Gasteiger partial charge is 0.313 e. The predicted octanol–water partition coefficient (Wildman–Crippen LogP) is 2.02. The van der Waals surface area contributed by atoms with Gasteiger partial charge in [-0.2, -0.15) is 0 Å². The van der Waals surface area contributed by atoms with E-state index in [9.17, 15) is 23.5 Å². The number of likely N-dealkylation sites (tertiary alicyclic amines) is 1. The van der Waals surface area contributed by atoms with Crippen molar-refractivity contribution in [3.63, 3.8) is 0 Å². The van der Waals surface area contributed by atoms with Crippen molar-refractivity contribution in [1.82, 2.24) is 4.90 Å². The van der Waals surface area contributed by atoms with Gasteiger partial charge in [0, 0.05) is 26.1 Å². The van der Waals surface area contributed by atoms with E-state index in [4.69, 9.17) is 4.74 Å². The zero-order valence-corrected chi connectivity index (χ0v) is 13.3. The highest BCUT2D eigenvalue weighted by atomic mass is 19.2. The van der Waals surface area contributed by atoms with E-state index >= 15 is 0 Å². The number of hydrogen-bond acceptors (Lipinski definition) is 3. The molecule has 5 nitrogen and oxygen atoms in total. The molecule has 7 heteroatoms. The van der Waals surface area contributed by atoms with Crippen LogP contribution in [0.2, 0.25) is 0 Å². The number of methoxy groups -OCH3 is 1. The molecule has 3 atom stereocenters. The van der Waals surface area contributed by atoms with Crippen molar-refractivity contribution in [2.75, 3.05) is 26.8 Å². The number of nitrogens with zero attached hydrogens (tertiary/aromatic N) is 1. The van der Waals surface area contributed by atoms with Crippen molar-refractivity contribution in [3.05, 3.63) is 35.4 Å². The number of hydrogen-bond donors (Lipinski definition) is 1. The lowest BCUT2D eigenvalue weighted by Gasteiger charge is -2.24. The van der Waals surface area contributed by atoms with E-state index in [1.807, 2.05) is 0 Å². The molecule has 1 amide bonds. The van der Waals surface area contributed by atoms with E-state index in [0.29, 0.717) is 24.9 Å². The van der Waals surface area contributed by atoms with Crippen LogP contribution in [-0.2, 0) is 14.3 Å². The Labute approximate surface area is 138 Å². The van der Waals surface area contributed by atoms with Crippen molar-refractivity contribution < 1.29 is 28.2 Å². The molecule has 0 aromatic heterocycles. The van der Waals surface area contributed by atoms with Gasteiger partial charge in [0.2, 0.25) is 5.91 Å². The molecule has 2 aliphatic rings. The Morgan fingerprint density at radius 1 is 1.38 bits per heavy atom. The molecule has 3 unspecified atom stereocenters. The van der Waals surface area contributed by atoms with Crippen molar-refractivity contribution in [1.29, 1.82) is 0 Å². The minimum atomic E-state index is -1.06. The fourth-order valence-electron chi connectivity index (χ4n) is 3.50. The van der Waals surface area contributed by atoms with E-state index in [1.54, 1.807) is 4.90 Å². The zero-order chi connectivity index (χ0) is 17.5. The molecule has 0 bridgehead atoms. The summed E-state index contributed by atoms with van der Waals surface area (Å²) in [4.78, 5) is 25.7. The fourth-order valence-corrected chi connectivity index (χ4v) is 3.50. The maximum Gasteiger partial charge on any atom is 0.313 e. The van der Waals surface area contributed by atoms with E-state index in [2.05, 4.69) is 0 Å². The van der Waals surface area contributed by atoms with Gasteiger partial charge in [-0.05, 0) is 36.5 Å². The Hall–Kier alpha value is -2.02. The summed E-state index contributed by atoms with van der Waals surface area (Å²) in [7, 11) is 1.44. The lowest BCUT2D eigenvalue weighted by atomic mass is 9.88. The molecular weight excluding hydrogens is 320 g/mol. The van der Waals surface area contributed by atoms with Gasteiger partial charge >= 0.3 is 5.97 Å². The second-order valence-electron chi connectivity index (χ2n) is 6.65. The third-order valence-corrected chi connectivity index (χ3v) is 5.02. The molecule has 1 saturated carbocycles. The number of benzene rings is 1. The first-order valence-corrected chi connectivity index (χ1v) is 7.84. The van der Waals surface area contributed by atoms with Crippen LogP contribution >= 0.6 is 0 Å². The first-order valence-electron chi connectivity index (χ1n) is 7.84. The first kappa shape index (κ1) is 16.8. The topological polar surface area (TPSA) is 66.8 Å². The Morgan fingerprint density at radius 3 is 2.75 bits per heavy atom. The molecule has 1 aliphatic heterocycles. The number of carbonyl (C=O) groups is 2. The lowest BCUT2D eigenvalue weighted by Crippen LogP contribution is -2.40. The van der Waals surface area contributed by atoms with Crippen LogP contribution in [0.3, 0.4) is 0 Å². The summed E-state index contributed by atoms with van der Waals surface area (Å²) in [5.74, 6) is -3.34. The second-order valence-corrected chi connectivity index (χ2v) is 6.65. The number of rotatable bonds is 5. The van der Waals surface area contributed by atoms with Gasteiger partial charge < -0.3 is 14.7 Å². The van der Waals surface area contributed by atoms with Gasteiger partial charge in [-0.1, -0.05) is 6.07 Å². The summed E-state index contributed by atoms with van der Waals surface area (Å²) in [6, 6.07) is 3.69. The SMILES string of the molecule is COCC1(C(=O)O)CCN(C(=O)C2CC2c2ccc(F)c(F)c2)C1. The molecule has 2 fully saturated rings. The molecule has 0 spiro atoms. The van der Waals surface area contributed by atoms with Crippen molar-refractivity contribution >= 4 is 11.9 Å². The van der Waals surface area contributed by atoms with Gasteiger partial charge in [0.05, 0.1) is 6.61 Å². The van der Waals surface area contributed by atoms with Crippen LogP contribution in [0.1, 0.15) is 24.3 Å². The maximum atomic E-state index is 13.3. The average Bonchev–Trinajstić information content (AvgIpc) is 3.22. The van der Waals surface area contributed by atoms with E-state index in [0.717, 1.165) is 12.1 Å². The van der Waals surface area contributed by atoms with Gasteiger partial charge in [0.15, 0.2) is 11.6 Å². The number of aliphatic carboxylic acids is 1. The molecule has 1 aliphatic carbocycles. The molecule has 0 radical (unpaired) electrons. The molecule has 1 heterocycles. The van der Waals surface area contributed by atoms with Crippen LogP contribution in [0.4, 0.5) is 8.78 Å². The van der Waals surface area contributed by atoms with E-state index < -0.39 is 23.0 Å². The minimum Gasteiger partial charge on any atom is -0.481 e. The number of halogens is 2. The Bertz CT molecular complexity index is 681. The summed E-state index contributed by atoms with van der Waals surface area (Å²) in [5.41, 5.74) is -0.454. The van der Waals surface area contributed by atoms with Crippen LogP contribution in [0.15, 0.2) is 18.2 Å². The van der Waals surface area contributed by atoms with Crippen LogP contribution in [0.25, 0.3) is 0 Å². The van der Waals surface area contributed by atoms with E-state index in [1.165, 1.54) is 13.2 Å². The van der Waals surface area contributed by atoms with Gasteiger partial charge in [0.25, 0.3) is 0 Å². The number of carboxylic acid groups (broad SMARTS) is 1. The number of carboxylic acids is 1. The van der Waals surface area contributed by atoms with Gasteiger partial charge in [-0.25, -0.2) is 8.78 Å². The Morgan fingerprint density at radius 2 is 2.12 bits per heavy atom. The summed E-state index contributed by atoms with van der Waals surface area (Å²) >= 11 is 0. The lowest BCUT2D eigenvalue weighted by molar-refractivity contribution is -0.151. The standard InChI is InChI=1S/C17H19F2NO4/c1-24-9-17(16(22)23)4-5-20(8-17)15(21)12-7-11(12)10-2-3-13(18)14(19)6-10/h2-3,6,11-12H,4-5,7-9H2,1H3,(H,22,23). The quantitative estimate of drug-likeness (QED) is 0.891. The molecule has 130 valence electrons. The van der Waals surface area contributed by atoms with Gasteiger partial charge in [-0.15, -0.1) is 0 Å². The van der Waals surface area contributed by atoms with Crippen LogP contribution in [0, 0.1) is 23.0 Å². The zero-order valence-electron chi connectivity index (χ0n) is 13.3. The monoisotopic (exact) mass is 339 g/mol. The highest BCUT2D eigenvalue weighted by molar-refractivity contribution is 5.85. The minimum absolute atomic E-state index is 0.0589. The highest BCUT2D eigenvalue weighted by Crippen LogP contribution is 2.49. The van der Waals surface area contributed by atoms with Gasteiger partial charge in [0.1, 0.15) is 5.41 Å². The summed E-state index contributed by atoms with van der Waals surface area (Å²) < 4.78 is 31.3. The molecule has 24 heavy (non-hydrogen) atoms. The maximum absolute atomic E-state index is 13.3. The molecular formula is C17H19F2NO4. The average molecular weight is 339 g/mol. The van der Waals surface area contributed by atoms with Crippen LogP contribution < -0.4 is 0 Å². The molecule has 3 rings (SSSR count). The molecule has 1 N–H and O–H groups in total. The Balaban J connectivity index is 1.66. The highest BCUT2D eigenvalue weighted by Gasteiger charge is 2.51. The molecule has 1 aromatic carbocycles. The third-order valence-electron chi connectivity index (χ3n) is 5.02. The van der Waals surface area contributed by atoms with Crippen LogP contribution in [-0.4, -0.2) is 48.7 Å². The van der Waals surface area contributed by atoms with Gasteiger partial charge in [-0.3, -0.25) is 9.59 Å². The fraction of sp³-hybridized carbons (Fsp3) is 0.529. The molecule has 1 saturated heterocycles. The summed E-state index contributed by atoms with van der Waals surface area (Å²) in [6.07, 6.45) is 0.926. The summed E-state index contributed by atoms with van der Waals surface area (Å²) in [5, 5.41) is 9.44. The van der Waals surface area contributed by atoms with Crippen LogP contribution in [0.5, 0.6) is 0 Å².